The second-order valence-electron chi connectivity index (χ2n) is 5.91. The van der Waals surface area contributed by atoms with Crippen LogP contribution >= 0.6 is 0 Å². The zero-order valence-electron chi connectivity index (χ0n) is 12.2. The highest BCUT2D eigenvalue weighted by atomic mass is 19.1. The molecular weight excluding hydrogens is 255 g/mol. The largest absolute Gasteiger partial charge is 0.441 e. The highest BCUT2D eigenvalue weighted by molar-refractivity contribution is 5.56. The number of rotatable bonds is 5. The molecule has 108 valence electrons. The minimum absolute atomic E-state index is 0.128. The summed E-state index contributed by atoms with van der Waals surface area (Å²) in [5.41, 5.74) is 0.847. The van der Waals surface area contributed by atoms with Gasteiger partial charge in [-0.15, -0.1) is 0 Å². The van der Waals surface area contributed by atoms with Crippen molar-refractivity contribution in [2.45, 2.75) is 39.2 Å². The monoisotopic (exact) mass is 276 g/mol. The summed E-state index contributed by atoms with van der Waals surface area (Å²) in [6, 6.07) is 6.35. The molecule has 0 aliphatic rings. The lowest BCUT2D eigenvalue weighted by Crippen LogP contribution is -2.36. The van der Waals surface area contributed by atoms with Crippen molar-refractivity contribution in [2.75, 3.05) is 6.54 Å². The van der Waals surface area contributed by atoms with Crippen molar-refractivity contribution in [3.63, 3.8) is 0 Å². The molecule has 0 bridgehead atoms. The van der Waals surface area contributed by atoms with Crippen LogP contribution in [0.15, 0.2) is 34.9 Å². The Balaban J connectivity index is 1.90. The molecule has 0 saturated carbocycles. The maximum absolute atomic E-state index is 13.1. The smallest absolute Gasteiger partial charge is 0.194 e. The first kappa shape index (κ1) is 14.7. The Hall–Kier alpha value is -1.68. The minimum Gasteiger partial charge on any atom is -0.441 e. The maximum atomic E-state index is 13.1. The molecule has 0 amide bonds. The normalized spacial score (nSPS) is 11.8. The van der Waals surface area contributed by atoms with E-state index in [1.165, 1.54) is 12.1 Å². The molecule has 0 aliphatic heterocycles. The number of aromatic nitrogens is 1. The second-order valence-corrected chi connectivity index (χ2v) is 5.91. The van der Waals surface area contributed by atoms with E-state index in [4.69, 9.17) is 4.42 Å². The van der Waals surface area contributed by atoms with E-state index in [0.29, 0.717) is 11.7 Å². The van der Waals surface area contributed by atoms with Crippen molar-refractivity contribution in [1.29, 1.82) is 0 Å². The molecule has 2 rings (SSSR count). The van der Waals surface area contributed by atoms with Crippen molar-refractivity contribution in [2.24, 2.45) is 0 Å². The summed E-state index contributed by atoms with van der Waals surface area (Å²) in [6.07, 6.45) is 3.39. The van der Waals surface area contributed by atoms with Crippen LogP contribution < -0.4 is 5.32 Å². The molecule has 1 aromatic heterocycles. The predicted molar refractivity (Wildman–Crippen MR) is 78.0 cm³/mol. The van der Waals surface area contributed by atoms with Gasteiger partial charge in [-0.25, -0.2) is 9.37 Å². The summed E-state index contributed by atoms with van der Waals surface area (Å²) >= 11 is 0. The van der Waals surface area contributed by atoms with E-state index in [-0.39, 0.29) is 11.4 Å². The lowest BCUT2D eigenvalue weighted by molar-refractivity contribution is 0.412. The van der Waals surface area contributed by atoms with Crippen LogP contribution in [-0.2, 0) is 6.42 Å². The first-order valence-electron chi connectivity index (χ1n) is 6.90. The zero-order valence-corrected chi connectivity index (χ0v) is 12.2. The number of nitrogens with zero attached hydrogens (tertiary/aromatic N) is 1. The van der Waals surface area contributed by atoms with Gasteiger partial charge in [0.2, 0.25) is 0 Å². The van der Waals surface area contributed by atoms with E-state index in [0.717, 1.165) is 24.9 Å². The third kappa shape index (κ3) is 4.46. The van der Waals surface area contributed by atoms with E-state index >= 15 is 0 Å². The molecule has 0 spiro atoms. The van der Waals surface area contributed by atoms with Crippen molar-refractivity contribution in [1.82, 2.24) is 10.3 Å². The molecule has 20 heavy (non-hydrogen) atoms. The molecule has 1 aromatic carbocycles. The predicted octanol–water partition coefficient (Wildman–Crippen LogP) is 3.80. The molecule has 1 heterocycles. The Morgan fingerprint density at radius 1 is 1.30 bits per heavy atom. The van der Waals surface area contributed by atoms with Crippen LogP contribution in [0, 0.1) is 5.82 Å². The lowest BCUT2D eigenvalue weighted by atomic mass is 10.1. The maximum Gasteiger partial charge on any atom is 0.194 e. The third-order valence-corrected chi connectivity index (χ3v) is 2.89. The van der Waals surface area contributed by atoms with Gasteiger partial charge < -0.3 is 9.73 Å². The summed E-state index contributed by atoms with van der Waals surface area (Å²) in [4.78, 5) is 4.24. The van der Waals surface area contributed by atoms with Gasteiger partial charge in [0.15, 0.2) is 11.7 Å². The summed E-state index contributed by atoms with van der Waals surface area (Å²) in [5, 5.41) is 3.42. The summed E-state index contributed by atoms with van der Waals surface area (Å²) in [5.74, 6) is 1.04. The topological polar surface area (TPSA) is 38.1 Å². The van der Waals surface area contributed by atoms with Crippen LogP contribution in [0.5, 0.6) is 0 Å². The van der Waals surface area contributed by atoms with Crippen molar-refractivity contribution >= 4 is 0 Å². The molecule has 0 saturated heterocycles. The highest BCUT2D eigenvalue weighted by Crippen LogP contribution is 2.21. The van der Waals surface area contributed by atoms with Crippen LogP contribution in [0.2, 0.25) is 0 Å². The molecule has 0 fully saturated rings. The SMILES string of the molecule is CC(C)(C)NCCCc1ncc(-c2cccc(F)c2)o1. The number of benzene rings is 1. The number of hydrogen-bond donors (Lipinski definition) is 1. The van der Waals surface area contributed by atoms with Gasteiger partial charge in [0.05, 0.1) is 6.20 Å². The first-order chi connectivity index (χ1) is 9.44. The molecular formula is C16H21FN2O. The number of oxazole rings is 1. The Kier molecular flexibility index (Phi) is 4.55. The standard InChI is InChI=1S/C16H21FN2O/c1-16(2,3)19-9-5-8-15-18-11-14(20-15)12-6-4-7-13(17)10-12/h4,6-7,10-11,19H,5,8-9H2,1-3H3. The van der Waals surface area contributed by atoms with Gasteiger partial charge in [-0.3, -0.25) is 0 Å². The van der Waals surface area contributed by atoms with Gasteiger partial charge in [0.25, 0.3) is 0 Å². The van der Waals surface area contributed by atoms with Crippen LogP contribution in [-0.4, -0.2) is 17.1 Å². The summed E-state index contributed by atoms with van der Waals surface area (Å²) in [7, 11) is 0. The first-order valence-corrected chi connectivity index (χ1v) is 6.90. The molecule has 0 aliphatic carbocycles. The fourth-order valence-electron chi connectivity index (χ4n) is 1.90. The minimum atomic E-state index is -0.269. The summed E-state index contributed by atoms with van der Waals surface area (Å²) < 4.78 is 18.8. The van der Waals surface area contributed by atoms with Crippen LogP contribution in [0.3, 0.4) is 0 Å². The van der Waals surface area contributed by atoms with Gasteiger partial charge in [-0.05, 0) is 45.9 Å². The average molecular weight is 276 g/mol. The van der Waals surface area contributed by atoms with Gasteiger partial charge in [-0.2, -0.15) is 0 Å². The van der Waals surface area contributed by atoms with Gasteiger partial charge in [-0.1, -0.05) is 12.1 Å². The Labute approximate surface area is 119 Å². The molecule has 4 heteroatoms. The van der Waals surface area contributed by atoms with Crippen molar-refractivity contribution in [3.8, 4) is 11.3 Å². The second kappa shape index (κ2) is 6.18. The quantitative estimate of drug-likeness (QED) is 0.844. The van der Waals surface area contributed by atoms with E-state index in [9.17, 15) is 4.39 Å². The van der Waals surface area contributed by atoms with Gasteiger partial charge in [0.1, 0.15) is 5.82 Å². The molecule has 3 nitrogen and oxygen atoms in total. The fourth-order valence-corrected chi connectivity index (χ4v) is 1.90. The van der Waals surface area contributed by atoms with E-state index in [1.807, 2.05) is 6.07 Å². The highest BCUT2D eigenvalue weighted by Gasteiger charge is 2.09. The van der Waals surface area contributed by atoms with Gasteiger partial charge >= 0.3 is 0 Å². The number of nitrogens with one attached hydrogen (secondary N) is 1. The molecule has 1 N–H and O–H groups in total. The number of aryl methyl sites for hydroxylation is 1. The fraction of sp³-hybridized carbons (Fsp3) is 0.438. The summed E-state index contributed by atoms with van der Waals surface area (Å²) in [6.45, 7) is 7.34. The number of hydrogen-bond acceptors (Lipinski definition) is 3. The van der Waals surface area contributed by atoms with Crippen LogP contribution in [0.25, 0.3) is 11.3 Å². The zero-order chi connectivity index (χ0) is 14.6. The van der Waals surface area contributed by atoms with E-state index in [2.05, 4.69) is 31.1 Å². The van der Waals surface area contributed by atoms with Crippen molar-refractivity contribution < 1.29 is 8.81 Å². The average Bonchev–Trinajstić information content (AvgIpc) is 2.82. The number of halogens is 1. The van der Waals surface area contributed by atoms with Crippen LogP contribution in [0.1, 0.15) is 33.1 Å². The molecule has 0 radical (unpaired) electrons. The van der Waals surface area contributed by atoms with E-state index in [1.54, 1.807) is 12.3 Å². The Bertz CT molecular complexity index is 558. The van der Waals surface area contributed by atoms with Gasteiger partial charge in [0, 0.05) is 17.5 Å². The van der Waals surface area contributed by atoms with Crippen LogP contribution in [0.4, 0.5) is 4.39 Å². The van der Waals surface area contributed by atoms with Crippen molar-refractivity contribution in [3.05, 3.63) is 42.2 Å². The Morgan fingerprint density at radius 3 is 2.80 bits per heavy atom. The molecule has 2 aromatic rings. The molecule has 0 unspecified atom stereocenters. The lowest BCUT2D eigenvalue weighted by Gasteiger charge is -2.19. The van der Waals surface area contributed by atoms with E-state index < -0.39 is 0 Å². The molecule has 0 atom stereocenters. The third-order valence-electron chi connectivity index (χ3n) is 2.89. The Morgan fingerprint density at radius 2 is 2.10 bits per heavy atom.